The van der Waals surface area contributed by atoms with Gasteiger partial charge in [-0.3, -0.25) is 0 Å². The van der Waals surface area contributed by atoms with Crippen molar-refractivity contribution >= 4 is 0 Å². The number of aromatic nitrogens is 4. The molecule has 7 heteroatoms. The molecule has 0 unspecified atom stereocenters. The molecule has 3 rings (SSSR count). The fraction of sp³-hybridized carbons (Fsp3) is 0.0769. The average Bonchev–Trinajstić information content (AvgIpc) is 3.10. The molecule has 1 aromatic carbocycles. The first kappa shape index (κ1) is 12.1. The van der Waals surface area contributed by atoms with Crippen LogP contribution in [0.1, 0.15) is 0 Å². The third-order valence-corrected chi connectivity index (χ3v) is 2.69. The predicted molar refractivity (Wildman–Crippen MR) is 70.1 cm³/mol. The smallest absolute Gasteiger partial charge is 0.169 e. The van der Waals surface area contributed by atoms with E-state index in [9.17, 15) is 5.11 Å². The van der Waals surface area contributed by atoms with Crippen LogP contribution in [0, 0.1) is 0 Å². The van der Waals surface area contributed by atoms with E-state index in [0.29, 0.717) is 17.0 Å². The van der Waals surface area contributed by atoms with Gasteiger partial charge in [-0.2, -0.15) is 0 Å². The highest BCUT2D eigenvalue weighted by Crippen LogP contribution is 2.35. The minimum absolute atomic E-state index is 0.0625. The van der Waals surface area contributed by atoms with Gasteiger partial charge in [0.2, 0.25) is 0 Å². The van der Waals surface area contributed by atoms with Gasteiger partial charge < -0.3 is 9.84 Å². The van der Waals surface area contributed by atoms with Crippen LogP contribution in [0.15, 0.2) is 48.9 Å². The zero-order valence-corrected chi connectivity index (χ0v) is 10.7. The van der Waals surface area contributed by atoms with Gasteiger partial charge in [0.1, 0.15) is 0 Å². The maximum atomic E-state index is 9.76. The first-order chi connectivity index (χ1) is 9.78. The fourth-order valence-corrected chi connectivity index (χ4v) is 1.83. The summed E-state index contributed by atoms with van der Waals surface area (Å²) in [5, 5.41) is 17.9. The second-order valence-electron chi connectivity index (χ2n) is 3.95. The van der Waals surface area contributed by atoms with Crippen molar-refractivity contribution in [2.45, 2.75) is 0 Å². The number of phenolic OH excluding ortho intramolecular Hbond substituents is 1. The van der Waals surface area contributed by atoms with Gasteiger partial charge in [0, 0.05) is 5.56 Å². The molecular weight excluding hydrogens is 260 g/mol. The van der Waals surface area contributed by atoms with E-state index in [1.165, 1.54) is 16.8 Å². The van der Waals surface area contributed by atoms with E-state index >= 15 is 0 Å². The Hall–Kier alpha value is -2.96. The zero-order chi connectivity index (χ0) is 13.9. The molecule has 0 radical (unpaired) electrons. The van der Waals surface area contributed by atoms with Crippen LogP contribution in [-0.2, 0) is 0 Å². The van der Waals surface area contributed by atoms with Crippen LogP contribution in [0.25, 0.3) is 11.3 Å². The monoisotopic (exact) mass is 272 g/mol. The van der Waals surface area contributed by atoms with Crippen LogP contribution in [-0.4, -0.2) is 32.1 Å². The maximum absolute atomic E-state index is 9.76. The summed E-state index contributed by atoms with van der Waals surface area (Å²) in [6.45, 7) is 0. The van der Waals surface area contributed by atoms with Crippen molar-refractivity contribution in [2.75, 3.05) is 7.11 Å². The van der Waals surface area contributed by atoms with E-state index in [2.05, 4.69) is 10.2 Å². The Bertz CT molecular complexity index is 706. The number of nitrogens with zero attached hydrogens (tertiary/aromatic N) is 4. The Kier molecular flexibility index (Phi) is 3.00. The van der Waals surface area contributed by atoms with E-state index < -0.39 is 0 Å². The molecule has 102 valence electrons. The number of phenols is 1. The van der Waals surface area contributed by atoms with Crippen LogP contribution in [0.4, 0.5) is 0 Å². The van der Waals surface area contributed by atoms with Gasteiger partial charge in [0.05, 0.1) is 31.4 Å². The highest BCUT2D eigenvalue weighted by Gasteiger charge is 2.12. The summed E-state index contributed by atoms with van der Waals surface area (Å²) in [6.07, 6.45) is 4.89. The van der Waals surface area contributed by atoms with Crippen LogP contribution in [0.2, 0.25) is 0 Å². The number of para-hydroxylation sites is 1. The van der Waals surface area contributed by atoms with Gasteiger partial charge >= 0.3 is 0 Å². The minimum atomic E-state index is 0.0625. The van der Waals surface area contributed by atoms with E-state index in [4.69, 9.17) is 9.68 Å². The first-order valence-electron chi connectivity index (χ1n) is 5.88. The van der Waals surface area contributed by atoms with Crippen LogP contribution < -0.4 is 9.68 Å². The van der Waals surface area contributed by atoms with Crippen molar-refractivity contribution < 1.29 is 14.8 Å². The average molecular weight is 272 g/mol. The van der Waals surface area contributed by atoms with Gasteiger partial charge in [-0.25, -0.2) is 4.94 Å². The minimum Gasteiger partial charge on any atom is -0.504 e. The maximum Gasteiger partial charge on any atom is 0.169 e. The summed E-state index contributed by atoms with van der Waals surface area (Å²) in [4.78, 5) is 7.88. The summed E-state index contributed by atoms with van der Waals surface area (Å²) in [7, 11) is 1.50. The zero-order valence-electron chi connectivity index (χ0n) is 10.7. The summed E-state index contributed by atoms with van der Waals surface area (Å²) in [6, 6.07) is 8.57. The lowest BCUT2D eigenvalue weighted by molar-refractivity contribution is -0.00878. The molecule has 7 nitrogen and oxygen atoms in total. The number of hydrogen-bond acceptors (Lipinski definition) is 5. The lowest BCUT2D eigenvalue weighted by Crippen LogP contribution is -2.18. The van der Waals surface area contributed by atoms with Crippen molar-refractivity contribution in [3.05, 3.63) is 48.9 Å². The normalized spacial score (nSPS) is 10.4. The standard InChI is InChI=1S/C13H12N4O3/c1-19-13-10(4-2-5-12(13)18)11-6-9-17(15-11)20-16-8-3-7-14-16/h2-9,18H,1H3. The van der Waals surface area contributed by atoms with Gasteiger partial charge in [0.25, 0.3) is 0 Å². The second-order valence-corrected chi connectivity index (χ2v) is 3.95. The van der Waals surface area contributed by atoms with Gasteiger partial charge in [0.15, 0.2) is 11.5 Å². The molecule has 0 saturated carbocycles. The third kappa shape index (κ3) is 2.16. The lowest BCUT2D eigenvalue weighted by Gasteiger charge is -2.07. The Morgan fingerprint density at radius 1 is 1.10 bits per heavy atom. The molecule has 0 amide bonds. The molecular formula is C13H12N4O3. The van der Waals surface area contributed by atoms with Crippen LogP contribution in [0.5, 0.6) is 11.5 Å². The number of benzene rings is 1. The summed E-state index contributed by atoms with van der Waals surface area (Å²) in [5.41, 5.74) is 1.29. The molecule has 0 atom stereocenters. The van der Waals surface area contributed by atoms with Crippen molar-refractivity contribution in [1.82, 2.24) is 19.9 Å². The summed E-state index contributed by atoms with van der Waals surface area (Å²) < 4.78 is 5.19. The Morgan fingerprint density at radius 2 is 2.00 bits per heavy atom. The predicted octanol–water partition coefficient (Wildman–Crippen LogP) is 1.35. The Balaban J connectivity index is 1.92. The highest BCUT2D eigenvalue weighted by molar-refractivity contribution is 5.70. The molecule has 0 spiro atoms. The van der Waals surface area contributed by atoms with Gasteiger partial charge in [-0.1, -0.05) is 15.8 Å². The topological polar surface area (TPSA) is 74.3 Å². The molecule has 3 aromatic rings. The molecule has 0 bridgehead atoms. The Morgan fingerprint density at radius 3 is 2.75 bits per heavy atom. The van der Waals surface area contributed by atoms with E-state index in [1.54, 1.807) is 48.9 Å². The Labute approximate surface area is 114 Å². The number of rotatable bonds is 4. The van der Waals surface area contributed by atoms with Crippen molar-refractivity contribution in [3.8, 4) is 22.8 Å². The number of ether oxygens (including phenoxy) is 1. The van der Waals surface area contributed by atoms with Gasteiger partial charge in [-0.05, 0) is 24.3 Å². The van der Waals surface area contributed by atoms with Crippen LogP contribution >= 0.6 is 0 Å². The fourth-order valence-electron chi connectivity index (χ4n) is 1.83. The van der Waals surface area contributed by atoms with Gasteiger partial charge in [-0.15, -0.1) is 10.2 Å². The second kappa shape index (κ2) is 4.96. The highest BCUT2D eigenvalue weighted by atomic mass is 16.8. The van der Waals surface area contributed by atoms with Crippen LogP contribution in [0.3, 0.4) is 0 Å². The summed E-state index contributed by atoms with van der Waals surface area (Å²) in [5.74, 6) is 0.435. The van der Waals surface area contributed by atoms with Crippen molar-refractivity contribution in [1.29, 1.82) is 0 Å². The molecule has 0 fully saturated rings. The molecule has 0 aliphatic carbocycles. The number of hydrogen-bond donors (Lipinski definition) is 1. The van der Waals surface area contributed by atoms with Crippen molar-refractivity contribution in [2.24, 2.45) is 0 Å². The molecule has 0 aliphatic rings. The molecule has 20 heavy (non-hydrogen) atoms. The molecule has 2 aromatic heterocycles. The SMILES string of the molecule is COc1c(O)cccc1-c1ccn(On2cccn2)n1. The quantitative estimate of drug-likeness (QED) is 0.776. The molecule has 0 aliphatic heterocycles. The third-order valence-electron chi connectivity index (χ3n) is 2.69. The number of aromatic hydroxyl groups is 1. The van der Waals surface area contributed by atoms with E-state index in [1.807, 2.05) is 0 Å². The first-order valence-corrected chi connectivity index (χ1v) is 5.88. The molecule has 0 saturated heterocycles. The van der Waals surface area contributed by atoms with Crippen molar-refractivity contribution in [3.63, 3.8) is 0 Å². The lowest BCUT2D eigenvalue weighted by atomic mass is 10.1. The molecule has 2 heterocycles. The molecule has 1 N–H and O–H groups in total. The largest absolute Gasteiger partial charge is 0.504 e. The van der Waals surface area contributed by atoms with E-state index in [0.717, 1.165) is 0 Å². The number of methoxy groups -OCH3 is 1. The summed E-state index contributed by atoms with van der Waals surface area (Å²) >= 11 is 0. The van der Waals surface area contributed by atoms with E-state index in [-0.39, 0.29) is 5.75 Å².